The SMILES string of the molecule is NC(=O)C1C=C(Cl)C=C(Cl)C1(O)C1(Cl)C=CC(Cl)=CC1. The van der Waals surface area contributed by atoms with Gasteiger partial charge in [0.1, 0.15) is 10.5 Å². The van der Waals surface area contributed by atoms with Crippen LogP contribution in [-0.4, -0.2) is 21.5 Å². The molecule has 0 aliphatic heterocycles. The van der Waals surface area contributed by atoms with E-state index in [1.165, 1.54) is 24.3 Å². The Balaban J connectivity index is 2.54. The number of alkyl halides is 1. The lowest BCUT2D eigenvalue weighted by atomic mass is 9.71. The molecular formula is C13H11Cl4NO2. The molecule has 7 heteroatoms. The van der Waals surface area contributed by atoms with Gasteiger partial charge in [-0.1, -0.05) is 53.0 Å². The van der Waals surface area contributed by atoms with Crippen LogP contribution in [0.25, 0.3) is 0 Å². The molecule has 2 aliphatic carbocycles. The van der Waals surface area contributed by atoms with Gasteiger partial charge in [0.25, 0.3) is 0 Å². The molecule has 0 aromatic heterocycles. The van der Waals surface area contributed by atoms with Crippen LogP contribution >= 0.6 is 46.4 Å². The smallest absolute Gasteiger partial charge is 0.227 e. The van der Waals surface area contributed by atoms with E-state index in [0.29, 0.717) is 5.03 Å². The molecule has 3 nitrogen and oxygen atoms in total. The van der Waals surface area contributed by atoms with Crippen LogP contribution in [0.2, 0.25) is 0 Å². The van der Waals surface area contributed by atoms with Crippen molar-refractivity contribution in [2.45, 2.75) is 16.9 Å². The van der Waals surface area contributed by atoms with E-state index in [0.717, 1.165) is 0 Å². The second kappa shape index (κ2) is 5.39. The first-order valence-corrected chi connectivity index (χ1v) is 7.22. The highest BCUT2D eigenvalue weighted by molar-refractivity contribution is 6.38. The Bertz CT molecular complexity index is 581. The number of rotatable bonds is 2. The van der Waals surface area contributed by atoms with Gasteiger partial charge < -0.3 is 10.8 Å². The lowest BCUT2D eigenvalue weighted by Gasteiger charge is -2.46. The molecular weight excluding hydrogens is 344 g/mol. The standard InChI is InChI=1S/C13H11Cl4NO2/c14-7-1-3-12(17,4-2-7)13(20)9(11(18)19)5-8(15)6-10(13)16/h1-3,5-6,9,20H,4H2,(H2,18,19). The fraction of sp³-hybridized carbons (Fsp3) is 0.308. The number of allylic oxidation sites excluding steroid dienone is 5. The van der Waals surface area contributed by atoms with Crippen molar-refractivity contribution < 1.29 is 9.90 Å². The first-order chi connectivity index (χ1) is 9.20. The highest BCUT2D eigenvalue weighted by Crippen LogP contribution is 2.50. The Morgan fingerprint density at radius 3 is 2.50 bits per heavy atom. The van der Waals surface area contributed by atoms with Crippen molar-refractivity contribution in [1.29, 1.82) is 0 Å². The number of carbonyl (C=O) groups is 1. The maximum Gasteiger partial charge on any atom is 0.227 e. The van der Waals surface area contributed by atoms with Gasteiger partial charge in [0.05, 0.1) is 11.0 Å². The summed E-state index contributed by atoms with van der Waals surface area (Å²) >= 11 is 24.3. The summed E-state index contributed by atoms with van der Waals surface area (Å²) in [6.45, 7) is 0. The number of hydrogen-bond acceptors (Lipinski definition) is 2. The molecule has 3 N–H and O–H groups in total. The van der Waals surface area contributed by atoms with Crippen molar-refractivity contribution in [1.82, 2.24) is 0 Å². The third-order valence-corrected chi connectivity index (χ3v) is 4.93. The second-order valence-corrected chi connectivity index (χ2v) is 6.63. The van der Waals surface area contributed by atoms with Crippen LogP contribution < -0.4 is 5.73 Å². The molecule has 3 unspecified atom stereocenters. The first kappa shape index (κ1) is 15.9. The van der Waals surface area contributed by atoms with Gasteiger partial charge in [0.2, 0.25) is 5.91 Å². The van der Waals surface area contributed by atoms with Gasteiger partial charge in [0.15, 0.2) is 0 Å². The number of amides is 1. The number of aliphatic hydroxyl groups is 1. The van der Waals surface area contributed by atoms with Crippen molar-refractivity contribution in [2.75, 3.05) is 0 Å². The van der Waals surface area contributed by atoms with Gasteiger partial charge in [0, 0.05) is 10.1 Å². The first-order valence-electron chi connectivity index (χ1n) is 5.71. The summed E-state index contributed by atoms with van der Waals surface area (Å²) in [6.07, 6.45) is 7.57. The average Bonchev–Trinajstić information content (AvgIpc) is 2.37. The monoisotopic (exact) mass is 353 g/mol. The van der Waals surface area contributed by atoms with Gasteiger partial charge in [-0.25, -0.2) is 0 Å². The lowest BCUT2D eigenvalue weighted by molar-refractivity contribution is -0.127. The van der Waals surface area contributed by atoms with Gasteiger partial charge in [-0.15, -0.1) is 11.6 Å². The van der Waals surface area contributed by atoms with E-state index in [9.17, 15) is 9.90 Å². The number of hydrogen-bond donors (Lipinski definition) is 2. The molecule has 20 heavy (non-hydrogen) atoms. The average molecular weight is 355 g/mol. The predicted molar refractivity (Wildman–Crippen MR) is 81.8 cm³/mol. The molecule has 0 radical (unpaired) electrons. The van der Waals surface area contributed by atoms with E-state index in [2.05, 4.69) is 0 Å². The Morgan fingerprint density at radius 1 is 1.35 bits per heavy atom. The molecule has 2 rings (SSSR count). The fourth-order valence-electron chi connectivity index (χ4n) is 2.33. The minimum absolute atomic E-state index is 0.0418. The van der Waals surface area contributed by atoms with Crippen molar-refractivity contribution in [2.24, 2.45) is 11.7 Å². The van der Waals surface area contributed by atoms with Crippen LogP contribution in [0.5, 0.6) is 0 Å². The summed E-state index contributed by atoms with van der Waals surface area (Å²) in [5.74, 6) is -1.91. The molecule has 0 heterocycles. The Kier molecular flexibility index (Phi) is 4.30. The summed E-state index contributed by atoms with van der Waals surface area (Å²) in [5.41, 5.74) is 3.46. The van der Waals surface area contributed by atoms with Crippen molar-refractivity contribution in [3.05, 3.63) is 45.5 Å². The molecule has 0 saturated heterocycles. The summed E-state index contributed by atoms with van der Waals surface area (Å²) in [4.78, 5) is 10.3. The van der Waals surface area contributed by atoms with E-state index in [1.807, 2.05) is 0 Å². The van der Waals surface area contributed by atoms with Gasteiger partial charge in [-0.3, -0.25) is 4.79 Å². The molecule has 0 bridgehead atoms. The topological polar surface area (TPSA) is 63.3 Å². The maximum absolute atomic E-state index is 11.7. The predicted octanol–water partition coefficient (Wildman–Crippen LogP) is 3.14. The molecule has 0 aromatic carbocycles. The third kappa shape index (κ3) is 2.42. The highest BCUT2D eigenvalue weighted by Gasteiger charge is 2.57. The number of nitrogens with two attached hydrogens (primary N) is 1. The van der Waals surface area contributed by atoms with Crippen LogP contribution in [0.1, 0.15) is 6.42 Å². The lowest BCUT2D eigenvalue weighted by Crippen LogP contribution is -2.58. The molecule has 1 amide bonds. The van der Waals surface area contributed by atoms with E-state index in [4.69, 9.17) is 52.1 Å². The minimum Gasteiger partial charge on any atom is -0.381 e. The normalized spacial score (nSPS) is 37.0. The zero-order valence-electron chi connectivity index (χ0n) is 10.1. The zero-order chi connectivity index (χ0) is 15.1. The molecule has 0 spiro atoms. The van der Waals surface area contributed by atoms with Crippen LogP contribution in [0, 0.1) is 5.92 Å². The van der Waals surface area contributed by atoms with Crippen molar-refractivity contribution in [3.8, 4) is 0 Å². The molecule has 2 aliphatic rings. The summed E-state index contributed by atoms with van der Waals surface area (Å²) in [7, 11) is 0. The van der Waals surface area contributed by atoms with Crippen LogP contribution in [0.15, 0.2) is 45.5 Å². The van der Waals surface area contributed by atoms with Crippen LogP contribution in [0.3, 0.4) is 0 Å². The maximum atomic E-state index is 11.7. The zero-order valence-corrected chi connectivity index (χ0v) is 13.1. The molecule has 0 fully saturated rings. The number of primary amides is 1. The quantitative estimate of drug-likeness (QED) is 0.748. The third-order valence-electron chi connectivity index (χ3n) is 3.45. The second-order valence-electron chi connectivity index (χ2n) is 4.68. The van der Waals surface area contributed by atoms with E-state index in [1.54, 1.807) is 6.08 Å². The summed E-state index contributed by atoms with van der Waals surface area (Å²) < 4.78 is 0. The molecule has 108 valence electrons. The molecule has 0 aromatic rings. The van der Waals surface area contributed by atoms with Crippen molar-refractivity contribution in [3.63, 3.8) is 0 Å². The summed E-state index contributed by atoms with van der Waals surface area (Å²) in [5, 5.41) is 11.7. The number of carbonyl (C=O) groups excluding carboxylic acids is 1. The Hall–Kier alpha value is -0.450. The minimum atomic E-state index is -1.88. The Morgan fingerprint density at radius 2 is 2.00 bits per heavy atom. The Labute approximate surface area is 136 Å². The molecule has 0 saturated carbocycles. The van der Waals surface area contributed by atoms with E-state index < -0.39 is 22.3 Å². The van der Waals surface area contributed by atoms with Gasteiger partial charge in [-0.2, -0.15) is 0 Å². The van der Waals surface area contributed by atoms with E-state index in [-0.39, 0.29) is 16.5 Å². The fourth-order valence-corrected chi connectivity index (χ4v) is 3.57. The summed E-state index contributed by atoms with van der Waals surface area (Å²) in [6, 6.07) is 0. The molecule has 3 atom stereocenters. The van der Waals surface area contributed by atoms with Crippen molar-refractivity contribution >= 4 is 52.3 Å². The van der Waals surface area contributed by atoms with Crippen LogP contribution in [-0.2, 0) is 4.79 Å². The van der Waals surface area contributed by atoms with Crippen LogP contribution in [0.4, 0.5) is 0 Å². The highest BCUT2D eigenvalue weighted by atomic mass is 35.5. The van der Waals surface area contributed by atoms with Gasteiger partial charge in [-0.05, 0) is 18.6 Å². The largest absolute Gasteiger partial charge is 0.381 e. The van der Waals surface area contributed by atoms with E-state index >= 15 is 0 Å². The number of halogens is 4. The van der Waals surface area contributed by atoms with Gasteiger partial charge >= 0.3 is 0 Å².